The van der Waals surface area contributed by atoms with Crippen LogP contribution in [0.5, 0.6) is 0 Å². The van der Waals surface area contributed by atoms with Crippen molar-refractivity contribution in [2.75, 3.05) is 0 Å². The first-order chi connectivity index (χ1) is 16.4. The van der Waals surface area contributed by atoms with Gasteiger partial charge in [0, 0.05) is 16.5 Å². The average molecular weight is 424 g/mol. The van der Waals surface area contributed by atoms with Gasteiger partial charge in [-0.1, -0.05) is 103 Å². The highest BCUT2D eigenvalue weighted by molar-refractivity contribution is 6.09. The molecule has 0 aliphatic rings. The van der Waals surface area contributed by atoms with Crippen LogP contribution in [0.15, 0.2) is 127 Å². The number of hydrogen-bond acceptors (Lipinski definition) is 0. The Labute approximate surface area is 194 Å². The summed E-state index contributed by atoms with van der Waals surface area (Å²) in [4.78, 5) is 0. The lowest BCUT2D eigenvalue weighted by atomic mass is 10.00. The van der Waals surface area contributed by atoms with Crippen LogP contribution in [-0.4, -0.2) is 4.57 Å². The van der Waals surface area contributed by atoms with Gasteiger partial charge < -0.3 is 4.57 Å². The molecule has 1 nitrogen and oxygen atoms in total. The van der Waals surface area contributed by atoms with E-state index in [1.54, 1.807) is 0 Å². The Morgan fingerprint density at radius 2 is 0.848 bits per heavy atom. The number of aromatic nitrogens is 1. The third-order valence-corrected chi connectivity index (χ3v) is 6.54. The van der Waals surface area contributed by atoms with Gasteiger partial charge in [0.2, 0.25) is 0 Å². The summed E-state index contributed by atoms with van der Waals surface area (Å²) in [6.07, 6.45) is 2.14. The molecule has 1 aromatic heterocycles. The standard InChI is InChI=1S/C32H25N/c1-2-8-24(9-3-1)14-15-25-16-18-26(19-17-25)27-20-22-28(23-21-27)33-31-12-6-4-10-29(31)30-11-5-7-13-32(30)33/h1-13,16-23H,14-15H2. The zero-order valence-electron chi connectivity index (χ0n) is 18.5. The Bertz CT molecular complexity index is 1470. The molecule has 0 aliphatic carbocycles. The van der Waals surface area contributed by atoms with Crippen molar-refractivity contribution in [3.63, 3.8) is 0 Å². The Morgan fingerprint density at radius 1 is 0.394 bits per heavy atom. The maximum atomic E-state index is 2.36. The lowest BCUT2D eigenvalue weighted by Crippen LogP contribution is -1.93. The topological polar surface area (TPSA) is 4.93 Å². The van der Waals surface area contributed by atoms with Crippen LogP contribution in [0.4, 0.5) is 0 Å². The molecule has 5 aromatic carbocycles. The highest BCUT2D eigenvalue weighted by atomic mass is 15.0. The van der Waals surface area contributed by atoms with E-state index in [-0.39, 0.29) is 0 Å². The number of fused-ring (bicyclic) bond motifs is 3. The zero-order valence-corrected chi connectivity index (χ0v) is 18.5. The second kappa shape index (κ2) is 8.44. The van der Waals surface area contributed by atoms with Crippen LogP contribution in [0.2, 0.25) is 0 Å². The average Bonchev–Trinajstić information content (AvgIpc) is 3.23. The molecule has 0 saturated heterocycles. The summed E-state index contributed by atoms with van der Waals surface area (Å²) in [5.41, 5.74) is 8.95. The Morgan fingerprint density at radius 3 is 1.42 bits per heavy atom. The lowest BCUT2D eigenvalue weighted by molar-refractivity contribution is 0.960. The SMILES string of the molecule is c1ccc(CCc2ccc(-c3ccc(-n4c5ccccc5c5ccccc54)cc3)cc2)cc1. The molecule has 1 heterocycles. The number of rotatable bonds is 5. The molecule has 0 radical (unpaired) electrons. The van der Waals surface area contributed by atoms with Crippen molar-refractivity contribution in [3.8, 4) is 16.8 Å². The molecule has 0 unspecified atom stereocenters. The van der Waals surface area contributed by atoms with Gasteiger partial charge in [-0.3, -0.25) is 0 Å². The molecule has 0 spiro atoms. The van der Waals surface area contributed by atoms with Gasteiger partial charge in [0.25, 0.3) is 0 Å². The molecule has 0 bridgehead atoms. The van der Waals surface area contributed by atoms with Crippen molar-refractivity contribution >= 4 is 21.8 Å². The van der Waals surface area contributed by atoms with Crippen LogP contribution in [0.3, 0.4) is 0 Å². The van der Waals surface area contributed by atoms with Gasteiger partial charge in [-0.05, 0) is 59.4 Å². The number of aryl methyl sites for hydroxylation is 2. The van der Waals surface area contributed by atoms with E-state index in [0.29, 0.717) is 0 Å². The fraction of sp³-hybridized carbons (Fsp3) is 0.0625. The third-order valence-electron chi connectivity index (χ3n) is 6.54. The number of benzene rings is 5. The molecule has 1 heteroatoms. The van der Waals surface area contributed by atoms with Crippen LogP contribution >= 0.6 is 0 Å². The molecule has 0 fully saturated rings. The van der Waals surface area contributed by atoms with Crippen LogP contribution in [0.1, 0.15) is 11.1 Å². The second-order valence-corrected chi connectivity index (χ2v) is 8.60. The minimum atomic E-state index is 1.07. The van der Waals surface area contributed by atoms with E-state index >= 15 is 0 Å². The van der Waals surface area contributed by atoms with Crippen LogP contribution in [-0.2, 0) is 12.8 Å². The molecule has 0 N–H and O–H groups in total. The molecule has 33 heavy (non-hydrogen) atoms. The van der Waals surface area contributed by atoms with E-state index < -0.39 is 0 Å². The fourth-order valence-corrected chi connectivity index (χ4v) is 4.80. The maximum Gasteiger partial charge on any atom is 0.0541 e. The predicted octanol–water partition coefficient (Wildman–Crippen LogP) is 8.24. The Balaban J connectivity index is 1.28. The van der Waals surface area contributed by atoms with E-state index in [0.717, 1.165) is 12.8 Å². The Kier molecular flexibility index (Phi) is 5.01. The lowest BCUT2D eigenvalue weighted by Gasteiger charge is -2.10. The molecule has 158 valence electrons. The van der Waals surface area contributed by atoms with Gasteiger partial charge in [0.05, 0.1) is 11.0 Å². The number of hydrogen-bond donors (Lipinski definition) is 0. The first-order valence-electron chi connectivity index (χ1n) is 11.6. The minimum Gasteiger partial charge on any atom is -0.309 e. The highest BCUT2D eigenvalue weighted by Gasteiger charge is 2.11. The first-order valence-corrected chi connectivity index (χ1v) is 11.6. The van der Waals surface area contributed by atoms with Crippen molar-refractivity contribution in [3.05, 3.63) is 139 Å². The summed E-state index contributed by atoms with van der Waals surface area (Å²) in [6.45, 7) is 0. The molecule has 6 aromatic rings. The number of nitrogens with zero attached hydrogens (tertiary/aromatic N) is 1. The Hall–Kier alpha value is -4.10. The van der Waals surface area contributed by atoms with Crippen molar-refractivity contribution in [2.24, 2.45) is 0 Å². The summed E-state index contributed by atoms with van der Waals surface area (Å²) in [5.74, 6) is 0. The maximum absolute atomic E-state index is 2.36. The van der Waals surface area contributed by atoms with Crippen molar-refractivity contribution in [2.45, 2.75) is 12.8 Å². The van der Waals surface area contributed by atoms with Gasteiger partial charge in [-0.2, -0.15) is 0 Å². The van der Waals surface area contributed by atoms with E-state index in [9.17, 15) is 0 Å². The first kappa shape index (κ1) is 19.6. The van der Waals surface area contributed by atoms with Gasteiger partial charge >= 0.3 is 0 Å². The molecule has 0 atom stereocenters. The molecule has 0 aliphatic heterocycles. The minimum absolute atomic E-state index is 1.07. The molecular formula is C32H25N. The van der Waals surface area contributed by atoms with Gasteiger partial charge in [-0.15, -0.1) is 0 Å². The third kappa shape index (κ3) is 3.72. The summed E-state index contributed by atoms with van der Waals surface area (Å²) in [5, 5.41) is 2.59. The summed E-state index contributed by atoms with van der Waals surface area (Å²) in [7, 11) is 0. The van der Waals surface area contributed by atoms with Crippen LogP contribution < -0.4 is 0 Å². The van der Waals surface area contributed by atoms with Crippen LogP contribution in [0.25, 0.3) is 38.6 Å². The van der Waals surface area contributed by atoms with Crippen LogP contribution in [0, 0.1) is 0 Å². The smallest absolute Gasteiger partial charge is 0.0541 e. The normalized spacial score (nSPS) is 11.3. The van der Waals surface area contributed by atoms with E-state index in [2.05, 4.69) is 132 Å². The van der Waals surface area contributed by atoms with E-state index in [1.807, 2.05) is 0 Å². The van der Waals surface area contributed by atoms with E-state index in [4.69, 9.17) is 0 Å². The molecular weight excluding hydrogens is 398 g/mol. The van der Waals surface area contributed by atoms with Gasteiger partial charge in [0.1, 0.15) is 0 Å². The van der Waals surface area contributed by atoms with E-state index in [1.165, 1.54) is 49.7 Å². The number of para-hydroxylation sites is 2. The second-order valence-electron chi connectivity index (χ2n) is 8.60. The van der Waals surface area contributed by atoms with Crippen molar-refractivity contribution in [1.82, 2.24) is 4.57 Å². The van der Waals surface area contributed by atoms with Crippen molar-refractivity contribution in [1.29, 1.82) is 0 Å². The zero-order chi connectivity index (χ0) is 22.0. The van der Waals surface area contributed by atoms with Gasteiger partial charge in [-0.25, -0.2) is 0 Å². The predicted molar refractivity (Wildman–Crippen MR) is 140 cm³/mol. The largest absolute Gasteiger partial charge is 0.309 e. The highest BCUT2D eigenvalue weighted by Crippen LogP contribution is 2.32. The summed E-state index contributed by atoms with van der Waals surface area (Å²) < 4.78 is 2.36. The fourth-order valence-electron chi connectivity index (χ4n) is 4.80. The summed E-state index contributed by atoms with van der Waals surface area (Å²) >= 11 is 0. The molecule has 6 rings (SSSR count). The summed E-state index contributed by atoms with van der Waals surface area (Å²) in [6, 6.07) is 46.0. The molecule has 0 amide bonds. The monoisotopic (exact) mass is 423 g/mol. The van der Waals surface area contributed by atoms with Gasteiger partial charge in [0.15, 0.2) is 0 Å². The van der Waals surface area contributed by atoms with Crippen molar-refractivity contribution < 1.29 is 0 Å². The molecule has 0 saturated carbocycles. The quantitative estimate of drug-likeness (QED) is 0.263.